The monoisotopic (exact) mass is 347 g/mol. The molecular weight excluding hydrogens is 337 g/mol. The maximum atomic E-state index is 8.81. The standard InChI is InChI=1S/C16H11Cl2N3S/c17-12-6-5-11(13(18)9-12)10-21-15-4-2-1-3-14(15)20-16(21)22-8-7-19/h1-6,9H,8,10H2. The highest BCUT2D eigenvalue weighted by atomic mass is 35.5. The van der Waals surface area contributed by atoms with Gasteiger partial charge in [-0.2, -0.15) is 5.26 Å². The minimum absolute atomic E-state index is 0.359. The van der Waals surface area contributed by atoms with Crippen molar-refractivity contribution in [3.05, 3.63) is 58.1 Å². The Labute approximate surface area is 142 Å². The van der Waals surface area contributed by atoms with E-state index >= 15 is 0 Å². The van der Waals surface area contributed by atoms with Gasteiger partial charge in [0.05, 0.1) is 29.4 Å². The number of hydrogen-bond donors (Lipinski definition) is 0. The number of thioether (sulfide) groups is 1. The molecule has 3 nitrogen and oxygen atoms in total. The van der Waals surface area contributed by atoms with Crippen LogP contribution in [0.4, 0.5) is 0 Å². The van der Waals surface area contributed by atoms with Crippen molar-refractivity contribution < 1.29 is 0 Å². The first kappa shape index (κ1) is 15.2. The lowest BCUT2D eigenvalue weighted by molar-refractivity contribution is 0.732. The van der Waals surface area contributed by atoms with E-state index in [1.807, 2.05) is 36.4 Å². The molecule has 0 amide bonds. The summed E-state index contributed by atoms with van der Waals surface area (Å²) in [5, 5.41) is 10.9. The molecule has 0 atom stereocenters. The van der Waals surface area contributed by atoms with Crippen LogP contribution in [0.1, 0.15) is 5.56 Å². The fourth-order valence-corrected chi connectivity index (χ4v) is 3.38. The molecule has 0 saturated carbocycles. The second-order valence-corrected chi connectivity index (χ2v) is 6.44. The largest absolute Gasteiger partial charge is 0.314 e. The number of nitriles is 1. The van der Waals surface area contributed by atoms with E-state index < -0.39 is 0 Å². The zero-order chi connectivity index (χ0) is 15.5. The number of halogens is 2. The predicted molar refractivity (Wildman–Crippen MR) is 91.6 cm³/mol. The van der Waals surface area contributed by atoms with Crippen molar-refractivity contribution in [2.24, 2.45) is 0 Å². The Morgan fingerprint density at radius 3 is 2.77 bits per heavy atom. The number of fused-ring (bicyclic) bond motifs is 1. The third-order valence-corrected chi connectivity index (χ3v) is 4.66. The third-order valence-electron chi connectivity index (χ3n) is 3.23. The lowest BCUT2D eigenvalue weighted by Crippen LogP contribution is -2.02. The quantitative estimate of drug-likeness (QED) is 0.623. The molecule has 0 spiro atoms. The van der Waals surface area contributed by atoms with Crippen LogP contribution in [0, 0.1) is 11.3 Å². The van der Waals surface area contributed by atoms with Crippen molar-refractivity contribution in [2.45, 2.75) is 11.7 Å². The molecule has 0 aliphatic carbocycles. The third kappa shape index (κ3) is 3.07. The van der Waals surface area contributed by atoms with Crippen LogP contribution >= 0.6 is 35.0 Å². The maximum absolute atomic E-state index is 8.81. The lowest BCUT2D eigenvalue weighted by atomic mass is 10.2. The SMILES string of the molecule is N#CCSc1nc2ccccc2n1Cc1ccc(Cl)cc1Cl. The van der Waals surface area contributed by atoms with Crippen molar-refractivity contribution >= 4 is 46.0 Å². The summed E-state index contributed by atoms with van der Waals surface area (Å²) >= 11 is 13.6. The van der Waals surface area contributed by atoms with E-state index in [1.54, 1.807) is 6.07 Å². The topological polar surface area (TPSA) is 41.6 Å². The highest BCUT2D eigenvalue weighted by molar-refractivity contribution is 7.99. The molecule has 3 aromatic rings. The second kappa shape index (κ2) is 6.62. The molecule has 0 radical (unpaired) electrons. The van der Waals surface area contributed by atoms with E-state index in [0.717, 1.165) is 21.8 Å². The number of nitrogens with zero attached hydrogens (tertiary/aromatic N) is 3. The zero-order valence-electron chi connectivity index (χ0n) is 11.5. The summed E-state index contributed by atoms with van der Waals surface area (Å²) in [5.74, 6) is 0.359. The van der Waals surface area contributed by atoms with Crippen molar-refractivity contribution in [1.29, 1.82) is 5.26 Å². The fourth-order valence-electron chi connectivity index (χ4n) is 2.23. The summed E-state index contributed by atoms with van der Waals surface area (Å²) in [7, 11) is 0. The smallest absolute Gasteiger partial charge is 0.170 e. The molecule has 6 heteroatoms. The molecule has 0 saturated heterocycles. The average molecular weight is 348 g/mol. The van der Waals surface area contributed by atoms with E-state index in [0.29, 0.717) is 22.3 Å². The van der Waals surface area contributed by atoms with Crippen LogP contribution in [0.25, 0.3) is 11.0 Å². The molecule has 110 valence electrons. The van der Waals surface area contributed by atoms with Gasteiger partial charge in [0, 0.05) is 10.0 Å². The van der Waals surface area contributed by atoms with Gasteiger partial charge in [-0.1, -0.05) is 53.2 Å². The normalized spacial score (nSPS) is 10.8. The van der Waals surface area contributed by atoms with Crippen LogP contribution in [0.5, 0.6) is 0 Å². The molecule has 0 N–H and O–H groups in total. The number of imidazole rings is 1. The minimum Gasteiger partial charge on any atom is -0.314 e. The van der Waals surface area contributed by atoms with Gasteiger partial charge >= 0.3 is 0 Å². The van der Waals surface area contributed by atoms with Gasteiger partial charge in [0.2, 0.25) is 0 Å². The first-order chi connectivity index (χ1) is 10.7. The summed E-state index contributed by atoms with van der Waals surface area (Å²) in [6, 6.07) is 15.5. The molecule has 0 unspecified atom stereocenters. The Balaban J connectivity index is 2.06. The lowest BCUT2D eigenvalue weighted by Gasteiger charge is -2.10. The Hall–Kier alpha value is -1.67. The van der Waals surface area contributed by atoms with E-state index in [2.05, 4.69) is 15.6 Å². The van der Waals surface area contributed by atoms with Crippen molar-refractivity contribution in [3.8, 4) is 6.07 Å². The average Bonchev–Trinajstić information content (AvgIpc) is 2.86. The van der Waals surface area contributed by atoms with Crippen LogP contribution in [0.2, 0.25) is 10.0 Å². The summed E-state index contributed by atoms with van der Waals surface area (Å²) < 4.78 is 2.08. The van der Waals surface area contributed by atoms with Crippen molar-refractivity contribution in [1.82, 2.24) is 9.55 Å². The van der Waals surface area contributed by atoms with E-state index in [-0.39, 0.29) is 0 Å². The Kier molecular flexibility index (Phi) is 4.58. The van der Waals surface area contributed by atoms with Gasteiger partial charge in [-0.05, 0) is 29.8 Å². The van der Waals surface area contributed by atoms with Crippen LogP contribution < -0.4 is 0 Å². The molecule has 22 heavy (non-hydrogen) atoms. The minimum atomic E-state index is 0.359. The second-order valence-electron chi connectivity index (χ2n) is 4.65. The van der Waals surface area contributed by atoms with Gasteiger partial charge < -0.3 is 4.57 Å². The number of benzene rings is 2. The Morgan fingerprint density at radius 1 is 1.18 bits per heavy atom. The van der Waals surface area contributed by atoms with Gasteiger partial charge in [-0.25, -0.2) is 4.98 Å². The molecule has 2 aromatic carbocycles. The molecule has 1 aromatic heterocycles. The van der Waals surface area contributed by atoms with Crippen LogP contribution in [0.3, 0.4) is 0 Å². The van der Waals surface area contributed by atoms with Crippen LogP contribution in [-0.4, -0.2) is 15.3 Å². The van der Waals surface area contributed by atoms with Gasteiger partial charge in [0.15, 0.2) is 5.16 Å². The Morgan fingerprint density at radius 2 is 2.00 bits per heavy atom. The number of para-hydroxylation sites is 2. The number of hydrogen-bond acceptors (Lipinski definition) is 3. The summed E-state index contributed by atoms with van der Waals surface area (Å²) in [6.07, 6.45) is 0. The Bertz CT molecular complexity index is 867. The highest BCUT2D eigenvalue weighted by Crippen LogP contribution is 2.28. The van der Waals surface area contributed by atoms with Crippen molar-refractivity contribution in [3.63, 3.8) is 0 Å². The molecule has 1 heterocycles. The number of rotatable bonds is 4. The molecular formula is C16H11Cl2N3S. The van der Waals surface area contributed by atoms with E-state index in [9.17, 15) is 0 Å². The van der Waals surface area contributed by atoms with Crippen LogP contribution in [-0.2, 0) is 6.54 Å². The first-order valence-electron chi connectivity index (χ1n) is 6.58. The summed E-state index contributed by atoms with van der Waals surface area (Å²) in [4.78, 5) is 4.60. The maximum Gasteiger partial charge on any atom is 0.170 e. The summed E-state index contributed by atoms with van der Waals surface area (Å²) in [6.45, 7) is 0.588. The molecule has 0 aliphatic rings. The predicted octanol–water partition coefficient (Wildman–Crippen LogP) is 5.01. The van der Waals surface area contributed by atoms with E-state index in [4.69, 9.17) is 28.5 Å². The van der Waals surface area contributed by atoms with Gasteiger partial charge in [-0.15, -0.1) is 0 Å². The molecule has 0 fully saturated rings. The fraction of sp³-hybridized carbons (Fsp3) is 0.125. The zero-order valence-corrected chi connectivity index (χ0v) is 13.8. The van der Waals surface area contributed by atoms with E-state index in [1.165, 1.54) is 11.8 Å². The van der Waals surface area contributed by atoms with Gasteiger partial charge in [0.25, 0.3) is 0 Å². The molecule has 0 aliphatic heterocycles. The van der Waals surface area contributed by atoms with Gasteiger partial charge in [-0.3, -0.25) is 0 Å². The highest BCUT2D eigenvalue weighted by Gasteiger charge is 2.12. The summed E-state index contributed by atoms with van der Waals surface area (Å²) in [5.41, 5.74) is 2.90. The van der Waals surface area contributed by atoms with Crippen LogP contribution in [0.15, 0.2) is 47.6 Å². The van der Waals surface area contributed by atoms with Gasteiger partial charge in [0.1, 0.15) is 0 Å². The molecule has 3 rings (SSSR count). The first-order valence-corrected chi connectivity index (χ1v) is 8.32. The molecule has 0 bridgehead atoms. The van der Waals surface area contributed by atoms with Crippen molar-refractivity contribution in [2.75, 3.05) is 5.75 Å². The number of aromatic nitrogens is 2.